The lowest BCUT2D eigenvalue weighted by atomic mass is 9.33. The Morgan fingerprint density at radius 3 is 1.09 bits per heavy atom. The van der Waals surface area contributed by atoms with Gasteiger partial charge in [-0.05, 0) is 134 Å². The second kappa shape index (κ2) is 16.6. The quantitative estimate of drug-likeness (QED) is 0.155. The first-order valence-corrected chi connectivity index (χ1v) is 23.8. The van der Waals surface area contributed by atoms with E-state index < -0.39 is 0 Å². The molecular formula is C61H47BN2O4. The molecule has 9 aromatic rings. The van der Waals surface area contributed by atoms with Gasteiger partial charge in [-0.3, -0.25) is 0 Å². The second-order valence-corrected chi connectivity index (χ2v) is 18.1. The number of fused-ring (bicyclic) bond motifs is 8. The summed E-state index contributed by atoms with van der Waals surface area (Å²) < 4.78 is 26.8. The molecule has 7 heteroatoms. The Kier molecular flexibility index (Phi) is 9.81. The van der Waals surface area contributed by atoms with Crippen LogP contribution < -0.4 is 45.1 Å². The smallest absolute Gasteiger partial charge is 0.252 e. The molecule has 0 N–H and O–H groups in total. The molecule has 4 aliphatic heterocycles. The zero-order valence-corrected chi connectivity index (χ0v) is 37.8. The van der Waals surface area contributed by atoms with Crippen LogP contribution in [0.1, 0.15) is 18.4 Å². The highest BCUT2D eigenvalue weighted by Gasteiger charge is 2.47. The number of rotatable bonds is 6. The van der Waals surface area contributed by atoms with E-state index in [-0.39, 0.29) is 6.71 Å². The van der Waals surface area contributed by atoms with Crippen LogP contribution in [0.3, 0.4) is 0 Å². The molecule has 0 fully saturated rings. The van der Waals surface area contributed by atoms with E-state index in [1.54, 1.807) is 0 Å². The molecule has 4 heterocycles. The molecule has 0 saturated carbocycles. The summed E-state index contributed by atoms with van der Waals surface area (Å²) in [6.45, 7) is 4.31. The van der Waals surface area contributed by atoms with E-state index in [4.69, 9.17) is 18.9 Å². The van der Waals surface area contributed by atoms with Crippen molar-refractivity contribution in [2.75, 3.05) is 36.2 Å². The third-order valence-corrected chi connectivity index (χ3v) is 13.7. The summed E-state index contributed by atoms with van der Waals surface area (Å²) in [6.07, 6.45) is 1.59. The lowest BCUT2D eigenvalue weighted by Gasteiger charge is -2.45. The van der Waals surface area contributed by atoms with E-state index in [1.165, 1.54) is 5.46 Å². The highest BCUT2D eigenvalue weighted by atomic mass is 16.5. The van der Waals surface area contributed by atoms with Gasteiger partial charge in [-0.2, -0.15) is 0 Å². The highest BCUT2D eigenvalue weighted by molar-refractivity contribution is 7.00. The largest absolute Gasteiger partial charge is 0.489 e. The molecule has 6 nitrogen and oxygen atoms in total. The zero-order chi connectivity index (χ0) is 45.1. The Balaban J connectivity index is 1.13. The van der Waals surface area contributed by atoms with E-state index in [0.717, 1.165) is 131 Å². The number of hydrogen-bond acceptors (Lipinski definition) is 6. The molecule has 0 aliphatic carbocycles. The van der Waals surface area contributed by atoms with Crippen LogP contribution in [0.5, 0.6) is 23.0 Å². The summed E-state index contributed by atoms with van der Waals surface area (Å²) in [5.41, 5.74) is 19.9. The van der Waals surface area contributed by atoms with Crippen molar-refractivity contribution in [3.8, 4) is 67.5 Å². The minimum absolute atomic E-state index is 0.191. The third-order valence-electron chi connectivity index (χ3n) is 13.7. The number of benzene rings is 9. The number of ether oxygens (including phenoxy) is 4. The summed E-state index contributed by atoms with van der Waals surface area (Å²) in [5.74, 6) is 3.04. The predicted octanol–water partition coefficient (Wildman–Crippen LogP) is 13.1. The standard InChI is InChI=1S/C61H47BN2O4/c1-40-32-53-57-54(33-40)64(50-38-47(43-20-10-4-11-21-43)35-48(39-50)44-22-12-5-13-23-44)59-52(25-27-56-61(59)68-31-15-29-66-56)62(57)51-24-26-55-60(67-30-14-28-65-55)58(51)63(53)49-36-45(41-16-6-2-7-17-41)34-46(37-49)42-18-8-3-9-19-42/h2-13,16-27,32-39H,14-15,28-31H2,1H3. The number of aryl methyl sites for hydroxylation is 1. The number of anilines is 6. The van der Waals surface area contributed by atoms with Gasteiger partial charge in [-0.15, -0.1) is 0 Å². The Morgan fingerprint density at radius 1 is 0.368 bits per heavy atom. The van der Waals surface area contributed by atoms with Crippen molar-refractivity contribution in [2.45, 2.75) is 19.8 Å². The molecule has 13 rings (SSSR count). The van der Waals surface area contributed by atoms with Gasteiger partial charge in [0.25, 0.3) is 6.71 Å². The van der Waals surface area contributed by atoms with Gasteiger partial charge < -0.3 is 28.7 Å². The van der Waals surface area contributed by atoms with E-state index >= 15 is 0 Å². The predicted molar refractivity (Wildman–Crippen MR) is 278 cm³/mol. The highest BCUT2D eigenvalue weighted by Crippen LogP contribution is 2.54. The minimum atomic E-state index is -0.191. The monoisotopic (exact) mass is 882 g/mol. The number of nitrogens with zero attached hydrogens (tertiary/aromatic N) is 2. The normalized spacial score (nSPS) is 14.3. The third kappa shape index (κ3) is 6.80. The molecule has 9 aromatic carbocycles. The molecule has 68 heavy (non-hydrogen) atoms. The molecular weight excluding hydrogens is 835 g/mol. The Bertz CT molecular complexity index is 3040. The van der Waals surface area contributed by atoms with Crippen molar-refractivity contribution in [2.24, 2.45) is 0 Å². The summed E-state index contributed by atoms with van der Waals surface area (Å²) in [7, 11) is 0. The van der Waals surface area contributed by atoms with Crippen molar-refractivity contribution in [3.05, 3.63) is 200 Å². The van der Waals surface area contributed by atoms with Crippen molar-refractivity contribution in [1.29, 1.82) is 0 Å². The van der Waals surface area contributed by atoms with Crippen LogP contribution in [0.4, 0.5) is 34.1 Å². The van der Waals surface area contributed by atoms with Crippen LogP contribution >= 0.6 is 0 Å². The first-order chi connectivity index (χ1) is 33.6. The van der Waals surface area contributed by atoms with E-state index in [1.807, 2.05) is 0 Å². The van der Waals surface area contributed by atoms with Gasteiger partial charge in [0.15, 0.2) is 23.0 Å². The van der Waals surface area contributed by atoms with E-state index in [2.05, 4.69) is 211 Å². The maximum absolute atomic E-state index is 6.89. The van der Waals surface area contributed by atoms with Crippen molar-refractivity contribution in [1.82, 2.24) is 0 Å². The first kappa shape index (κ1) is 40.1. The molecule has 4 aliphatic rings. The summed E-state index contributed by atoms with van der Waals surface area (Å²) in [6, 6.07) is 70.3. The van der Waals surface area contributed by atoms with E-state index in [0.29, 0.717) is 26.4 Å². The molecule has 0 bridgehead atoms. The van der Waals surface area contributed by atoms with Crippen LogP contribution in [-0.4, -0.2) is 33.1 Å². The Hall–Kier alpha value is -8.16. The molecule has 0 unspecified atom stereocenters. The lowest BCUT2D eigenvalue weighted by molar-refractivity contribution is 0.297. The average molecular weight is 883 g/mol. The van der Waals surface area contributed by atoms with Gasteiger partial charge in [0, 0.05) is 35.6 Å². The van der Waals surface area contributed by atoms with Crippen LogP contribution in [0, 0.1) is 6.92 Å². The molecule has 0 amide bonds. The maximum Gasteiger partial charge on any atom is 0.252 e. The molecule has 0 spiro atoms. The van der Waals surface area contributed by atoms with Gasteiger partial charge in [-0.25, -0.2) is 0 Å². The van der Waals surface area contributed by atoms with Gasteiger partial charge in [0.1, 0.15) is 0 Å². The average Bonchev–Trinajstić information content (AvgIpc) is 3.81. The van der Waals surface area contributed by atoms with Crippen molar-refractivity contribution in [3.63, 3.8) is 0 Å². The fraction of sp³-hybridized carbons (Fsp3) is 0.115. The van der Waals surface area contributed by atoms with E-state index in [9.17, 15) is 0 Å². The molecule has 0 saturated heterocycles. The van der Waals surface area contributed by atoms with Crippen LogP contribution in [0.25, 0.3) is 44.5 Å². The zero-order valence-electron chi connectivity index (χ0n) is 37.8. The summed E-state index contributed by atoms with van der Waals surface area (Å²) >= 11 is 0. The molecule has 0 atom stereocenters. The van der Waals surface area contributed by atoms with Gasteiger partial charge in [0.05, 0.1) is 37.8 Å². The molecule has 328 valence electrons. The summed E-state index contributed by atoms with van der Waals surface area (Å²) in [4.78, 5) is 4.93. The fourth-order valence-electron chi connectivity index (χ4n) is 10.8. The van der Waals surface area contributed by atoms with Crippen LogP contribution in [0.15, 0.2) is 194 Å². The SMILES string of the molecule is Cc1cc2c3c(c1)N(c1cc(-c4ccccc4)cc(-c4ccccc4)c1)c1c(ccc4c1OCCCO4)B3c1ccc3c(c1N2c1cc(-c2ccccc2)cc(-c2ccccc2)c1)OCCCO3. The second-order valence-electron chi connectivity index (χ2n) is 18.1. The Morgan fingerprint density at radius 2 is 0.721 bits per heavy atom. The van der Waals surface area contributed by atoms with Gasteiger partial charge in [0.2, 0.25) is 0 Å². The minimum Gasteiger partial charge on any atom is -0.489 e. The first-order valence-electron chi connectivity index (χ1n) is 23.8. The van der Waals surface area contributed by atoms with Crippen molar-refractivity contribution >= 4 is 57.2 Å². The lowest BCUT2D eigenvalue weighted by Crippen LogP contribution is -2.61. The Labute approximate surface area is 397 Å². The molecule has 0 radical (unpaired) electrons. The maximum atomic E-state index is 6.89. The van der Waals surface area contributed by atoms with Gasteiger partial charge >= 0.3 is 0 Å². The topological polar surface area (TPSA) is 43.4 Å². The van der Waals surface area contributed by atoms with Crippen LogP contribution in [0.2, 0.25) is 0 Å². The van der Waals surface area contributed by atoms with Crippen molar-refractivity contribution < 1.29 is 18.9 Å². The van der Waals surface area contributed by atoms with Gasteiger partial charge in [-0.1, -0.05) is 133 Å². The molecule has 0 aromatic heterocycles. The number of hydrogen-bond donors (Lipinski definition) is 0. The van der Waals surface area contributed by atoms with Crippen LogP contribution in [-0.2, 0) is 0 Å². The summed E-state index contributed by atoms with van der Waals surface area (Å²) in [5, 5.41) is 0. The fourth-order valence-corrected chi connectivity index (χ4v) is 10.8.